The number of amides is 2. The van der Waals surface area contributed by atoms with Gasteiger partial charge in [0.05, 0.1) is 10.6 Å². The van der Waals surface area contributed by atoms with E-state index in [0.29, 0.717) is 5.69 Å². The predicted molar refractivity (Wildman–Crippen MR) is 156 cm³/mol. The second-order valence-electron chi connectivity index (χ2n) is 11.1. The average molecular weight is 550 g/mol. The molecule has 1 N–H and O–H groups in total. The number of aryl methyl sites for hydroxylation is 3. The molecular formula is C31H39N3O4S. The van der Waals surface area contributed by atoms with Crippen LogP contribution in [0.5, 0.6) is 0 Å². The minimum atomic E-state index is -4.10. The van der Waals surface area contributed by atoms with Gasteiger partial charge >= 0.3 is 0 Å². The fourth-order valence-electron chi connectivity index (χ4n) is 4.30. The number of nitrogens with one attached hydrogen (secondary N) is 1. The lowest BCUT2D eigenvalue weighted by Gasteiger charge is -2.33. The van der Waals surface area contributed by atoms with E-state index >= 15 is 0 Å². The van der Waals surface area contributed by atoms with Gasteiger partial charge in [-0.25, -0.2) is 8.42 Å². The van der Waals surface area contributed by atoms with Crippen molar-refractivity contribution < 1.29 is 18.0 Å². The van der Waals surface area contributed by atoms with Gasteiger partial charge in [0.15, 0.2) is 0 Å². The second-order valence-corrected chi connectivity index (χ2v) is 13.0. The highest BCUT2D eigenvalue weighted by molar-refractivity contribution is 7.92. The van der Waals surface area contributed by atoms with Crippen LogP contribution in [0.15, 0.2) is 77.7 Å². The van der Waals surface area contributed by atoms with Gasteiger partial charge in [0.2, 0.25) is 11.8 Å². The van der Waals surface area contributed by atoms with Crippen molar-refractivity contribution in [1.29, 1.82) is 0 Å². The SMILES string of the molecule is Cc1ccc(S(=O)(=O)N(CC(=O)N(Cc2ccccc2)[C@H](C)C(=O)NC(C)(C)C)c2cc(C)cc(C)c2)cc1. The minimum Gasteiger partial charge on any atom is -0.350 e. The quantitative estimate of drug-likeness (QED) is 0.401. The first kappa shape index (κ1) is 29.9. The Kier molecular flexibility index (Phi) is 9.22. The molecular weight excluding hydrogens is 510 g/mol. The molecule has 0 unspecified atom stereocenters. The minimum absolute atomic E-state index is 0.0909. The van der Waals surface area contributed by atoms with Crippen molar-refractivity contribution in [3.05, 3.63) is 95.1 Å². The third-order valence-electron chi connectivity index (χ3n) is 6.24. The first-order chi connectivity index (χ1) is 18.2. The van der Waals surface area contributed by atoms with Crippen LogP contribution in [0.2, 0.25) is 0 Å². The van der Waals surface area contributed by atoms with Crippen LogP contribution in [0, 0.1) is 20.8 Å². The van der Waals surface area contributed by atoms with Gasteiger partial charge in [-0.1, -0.05) is 54.1 Å². The van der Waals surface area contributed by atoms with E-state index < -0.39 is 34.1 Å². The lowest BCUT2D eigenvalue weighted by molar-refractivity contribution is -0.140. The zero-order chi connectivity index (χ0) is 29.0. The van der Waals surface area contributed by atoms with Gasteiger partial charge in [0, 0.05) is 12.1 Å². The molecule has 0 saturated heterocycles. The van der Waals surface area contributed by atoms with Crippen LogP contribution in [-0.2, 0) is 26.2 Å². The Bertz CT molecular complexity index is 1390. The number of benzene rings is 3. The molecule has 7 nitrogen and oxygen atoms in total. The Balaban J connectivity index is 2.06. The average Bonchev–Trinajstić information content (AvgIpc) is 2.84. The Morgan fingerprint density at radius 3 is 1.95 bits per heavy atom. The van der Waals surface area contributed by atoms with Crippen molar-refractivity contribution in [3.63, 3.8) is 0 Å². The fraction of sp³-hybridized carbons (Fsp3) is 0.355. The Morgan fingerprint density at radius 2 is 1.41 bits per heavy atom. The monoisotopic (exact) mass is 549 g/mol. The second kappa shape index (κ2) is 12.0. The third-order valence-corrected chi connectivity index (χ3v) is 8.03. The number of anilines is 1. The summed E-state index contributed by atoms with van der Waals surface area (Å²) in [5.74, 6) is -0.795. The number of hydrogen-bond donors (Lipinski definition) is 1. The zero-order valence-corrected chi connectivity index (χ0v) is 24.7. The molecule has 39 heavy (non-hydrogen) atoms. The van der Waals surface area contributed by atoms with Crippen molar-refractivity contribution in [3.8, 4) is 0 Å². The number of nitrogens with zero attached hydrogens (tertiary/aromatic N) is 2. The van der Waals surface area contributed by atoms with Crippen LogP contribution < -0.4 is 9.62 Å². The van der Waals surface area contributed by atoms with Crippen LogP contribution in [0.4, 0.5) is 5.69 Å². The molecule has 0 aliphatic carbocycles. The van der Waals surface area contributed by atoms with E-state index in [9.17, 15) is 18.0 Å². The molecule has 3 aromatic carbocycles. The van der Waals surface area contributed by atoms with Crippen molar-refractivity contribution in [2.45, 2.75) is 71.5 Å². The number of carbonyl (C=O) groups is 2. The lowest BCUT2D eigenvalue weighted by Crippen LogP contribution is -2.54. The van der Waals surface area contributed by atoms with Gasteiger partial charge in [-0.15, -0.1) is 0 Å². The van der Waals surface area contributed by atoms with E-state index in [1.54, 1.807) is 43.3 Å². The van der Waals surface area contributed by atoms with Crippen LogP contribution in [0.1, 0.15) is 49.9 Å². The van der Waals surface area contributed by atoms with E-state index in [1.807, 2.05) is 77.9 Å². The maximum absolute atomic E-state index is 14.0. The van der Waals surface area contributed by atoms with E-state index in [1.165, 1.54) is 4.90 Å². The molecule has 0 radical (unpaired) electrons. The number of rotatable bonds is 9. The van der Waals surface area contributed by atoms with Crippen molar-refractivity contribution in [2.24, 2.45) is 0 Å². The molecule has 0 aromatic heterocycles. The summed E-state index contributed by atoms with van der Waals surface area (Å²) in [6.45, 7) is 12.6. The molecule has 0 saturated carbocycles. The molecule has 208 valence electrons. The summed E-state index contributed by atoms with van der Waals surface area (Å²) in [7, 11) is -4.10. The van der Waals surface area contributed by atoms with E-state index in [2.05, 4.69) is 5.32 Å². The van der Waals surface area contributed by atoms with Crippen molar-refractivity contribution in [1.82, 2.24) is 10.2 Å². The van der Waals surface area contributed by atoms with E-state index in [0.717, 1.165) is 26.6 Å². The normalized spacial score (nSPS) is 12.5. The molecule has 1 atom stereocenters. The first-order valence-corrected chi connectivity index (χ1v) is 14.4. The third kappa shape index (κ3) is 7.93. The summed E-state index contributed by atoms with van der Waals surface area (Å²) in [5, 5.41) is 2.94. The molecule has 2 amide bonds. The molecule has 0 aliphatic rings. The summed E-state index contributed by atoms with van der Waals surface area (Å²) < 4.78 is 29.0. The van der Waals surface area contributed by atoms with Gasteiger partial charge in [0.1, 0.15) is 12.6 Å². The van der Waals surface area contributed by atoms with Gasteiger partial charge in [-0.3, -0.25) is 13.9 Å². The number of sulfonamides is 1. The topological polar surface area (TPSA) is 86.8 Å². The zero-order valence-electron chi connectivity index (χ0n) is 23.9. The predicted octanol–water partition coefficient (Wildman–Crippen LogP) is 5.14. The van der Waals surface area contributed by atoms with Crippen LogP contribution in [0.3, 0.4) is 0 Å². The lowest BCUT2D eigenvalue weighted by atomic mass is 10.1. The van der Waals surface area contributed by atoms with Crippen LogP contribution in [-0.4, -0.2) is 43.3 Å². The smallest absolute Gasteiger partial charge is 0.264 e. The number of carbonyl (C=O) groups excluding carboxylic acids is 2. The maximum atomic E-state index is 14.0. The molecule has 0 spiro atoms. The van der Waals surface area contributed by atoms with Gasteiger partial charge in [0.25, 0.3) is 10.0 Å². The fourth-order valence-corrected chi connectivity index (χ4v) is 5.70. The molecule has 0 fully saturated rings. The Hall–Kier alpha value is -3.65. The van der Waals surface area contributed by atoms with E-state index in [-0.39, 0.29) is 17.3 Å². The Morgan fingerprint density at radius 1 is 0.846 bits per heavy atom. The van der Waals surface area contributed by atoms with Crippen LogP contribution in [0.25, 0.3) is 0 Å². The highest BCUT2D eigenvalue weighted by atomic mass is 32.2. The Labute approximate surface area is 232 Å². The molecule has 0 heterocycles. The molecule has 3 aromatic rings. The van der Waals surface area contributed by atoms with E-state index in [4.69, 9.17) is 0 Å². The van der Waals surface area contributed by atoms with Crippen molar-refractivity contribution >= 4 is 27.5 Å². The molecule has 3 rings (SSSR count). The van der Waals surface area contributed by atoms with Crippen LogP contribution >= 0.6 is 0 Å². The van der Waals surface area contributed by atoms with Gasteiger partial charge in [-0.05, 0) is 89.4 Å². The highest BCUT2D eigenvalue weighted by Gasteiger charge is 2.33. The van der Waals surface area contributed by atoms with Gasteiger partial charge < -0.3 is 10.2 Å². The summed E-state index contributed by atoms with van der Waals surface area (Å²) in [6, 6.07) is 20.5. The molecule has 8 heteroatoms. The van der Waals surface area contributed by atoms with Gasteiger partial charge in [-0.2, -0.15) is 0 Å². The summed E-state index contributed by atoms with van der Waals surface area (Å²) >= 11 is 0. The summed E-state index contributed by atoms with van der Waals surface area (Å²) in [4.78, 5) is 28.7. The molecule has 0 bridgehead atoms. The standard InChI is InChI=1S/C31H39N3O4S/c1-22-13-15-28(16-14-22)39(37,38)34(27-18-23(2)17-24(3)19-27)21-29(35)33(20-26-11-9-8-10-12-26)25(4)30(36)32-31(5,6)7/h8-19,25H,20-21H2,1-7H3,(H,32,36)/t25-/m1/s1. The summed E-state index contributed by atoms with van der Waals surface area (Å²) in [5.41, 5.74) is 3.41. The molecule has 0 aliphatic heterocycles. The number of hydrogen-bond acceptors (Lipinski definition) is 4. The largest absolute Gasteiger partial charge is 0.350 e. The maximum Gasteiger partial charge on any atom is 0.264 e. The van der Waals surface area contributed by atoms with Crippen molar-refractivity contribution in [2.75, 3.05) is 10.8 Å². The highest BCUT2D eigenvalue weighted by Crippen LogP contribution is 2.27. The first-order valence-electron chi connectivity index (χ1n) is 13.0. The summed E-state index contributed by atoms with van der Waals surface area (Å²) in [6.07, 6.45) is 0.